The van der Waals surface area contributed by atoms with Crippen LogP contribution in [0.5, 0.6) is 0 Å². The average Bonchev–Trinajstić information content (AvgIpc) is 2.93. The maximum Gasteiger partial charge on any atom is 0.248 e. The zero-order valence-corrected chi connectivity index (χ0v) is 13.4. The van der Waals surface area contributed by atoms with E-state index in [0.29, 0.717) is 40.0 Å². The third-order valence-electron chi connectivity index (χ3n) is 2.91. The molecule has 3 aromatic rings. The molecule has 23 heavy (non-hydrogen) atoms. The number of nitrogens with two attached hydrogens (primary N) is 1. The Kier molecular flexibility index (Phi) is 4.50. The van der Waals surface area contributed by atoms with Crippen LogP contribution in [0, 0.1) is 0 Å². The van der Waals surface area contributed by atoms with E-state index >= 15 is 0 Å². The van der Waals surface area contributed by atoms with Gasteiger partial charge in [-0.3, -0.25) is 0 Å². The fraction of sp³-hybridized carbons (Fsp3) is 0.0714. The number of anilines is 4. The third kappa shape index (κ3) is 4.24. The molecule has 0 aliphatic carbocycles. The van der Waals surface area contributed by atoms with E-state index in [1.54, 1.807) is 30.5 Å². The van der Waals surface area contributed by atoms with E-state index in [0.717, 1.165) is 5.56 Å². The highest BCUT2D eigenvalue weighted by molar-refractivity contribution is 6.35. The SMILES string of the molecule is Nc1ccc(CNc2nc(Nc3cc(Cl)cc(Cl)c3)n[nH]2)cn1. The molecule has 0 amide bonds. The standard InChI is InChI=1S/C14H13Cl2N7/c15-9-3-10(16)5-11(4-9)20-14-21-13(22-23-14)19-7-8-1-2-12(17)18-6-8/h1-6H,7H2,(H2,17,18)(H3,19,20,21,22,23). The number of pyridine rings is 1. The molecule has 118 valence electrons. The summed E-state index contributed by atoms with van der Waals surface area (Å²) < 4.78 is 0. The number of nitrogens with one attached hydrogen (secondary N) is 3. The second-order valence-corrected chi connectivity index (χ2v) is 5.61. The molecule has 0 bridgehead atoms. The summed E-state index contributed by atoms with van der Waals surface area (Å²) in [6, 6.07) is 8.75. The van der Waals surface area contributed by atoms with Gasteiger partial charge in [-0.25, -0.2) is 10.1 Å². The van der Waals surface area contributed by atoms with E-state index in [-0.39, 0.29) is 0 Å². The molecule has 0 fully saturated rings. The lowest BCUT2D eigenvalue weighted by Crippen LogP contribution is -2.02. The lowest BCUT2D eigenvalue weighted by Gasteiger charge is -2.03. The predicted octanol–water partition coefficient (Wildman–Crippen LogP) is 3.44. The molecule has 0 unspecified atom stereocenters. The highest BCUT2D eigenvalue weighted by Gasteiger charge is 2.05. The molecule has 7 nitrogen and oxygen atoms in total. The molecule has 0 atom stereocenters. The number of hydrogen-bond acceptors (Lipinski definition) is 6. The number of benzene rings is 1. The monoisotopic (exact) mass is 349 g/mol. The van der Waals surface area contributed by atoms with Crippen LogP contribution < -0.4 is 16.4 Å². The largest absolute Gasteiger partial charge is 0.384 e. The number of rotatable bonds is 5. The molecule has 0 saturated heterocycles. The van der Waals surface area contributed by atoms with Crippen molar-refractivity contribution in [1.82, 2.24) is 20.2 Å². The minimum Gasteiger partial charge on any atom is -0.384 e. The highest BCUT2D eigenvalue weighted by atomic mass is 35.5. The van der Waals surface area contributed by atoms with Crippen LogP contribution in [0.2, 0.25) is 10.0 Å². The van der Waals surface area contributed by atoms with Crippen molar-refractivity contribution in [2.24, 2.45) is 0 Å². The molecule has 9 heteroatoms. The van der Waals surface area contributed by atoms with Crippen molar-refractivity contribution >= 4 is 46.6 Å². The molecule has 0 spiro atoms. The fourth-order valence-corrected chi connectivity index (χ4v) is 2.40. The van der Waals surface area contributed by atoms with Crippen LogP contribution in [-0.4, -0.2) is 20.2 Å². The highest BCUT2D eigenvalue weighted by Crippen LogP contribution is 2.24. The van der Waals surface area contributed by atoms with E-state index in [2.05, 4.69) is 30.8 Å². The molecule has 0 aliphatic rings. The maximum absolute atomic E-state index is 5.95. The van der Waals surface area contributed by atoms with Crippen LogP contribution in [0.3, 0.4) is 0 Å². The van der Waals surface area contributed by atoms with E-state index in [1.165, 1.54) is 0 Å². The van der Waals surface area contributed by atoms with Gasteiger partial charge >= 0.3 is 0 Å². The van der Waals surface area contributed by atoms with E-state index in [1.807, 2.05) is 6.07 Å². The van der Waals surface area contributed by atoms with E-state index in [9.17, 15) is 0 Å². The zero-order chi connectivity index (χ0) is 16.2. The van der Waals surface area contributed by atoms with Crippen molar-refractivity contribution in [2.45, 2.75) is 6.54 Å². The molecular weight excluding hydrogens is 337 g/mol. The quantitative estimate of drug-likeness (QED) is 0.562. The van der Waals surface area contributed by atoms with Gasteiger partial charge in [0.2, 0.25) is 11.9 Å². The van der Waals surface area contributed by atoms with Crippen molar-refractivity contribution in [3.63, 3.8) is 0 Å². The van der Waals surface area contributed by atoms with Crippen molar-refractivity contribution in [1.29, 1.82) is 0 Å². The number of aromatic amines is 1. The summed E-state index contributed by atoms with van der Waals surface area (Å²) in [6.07, 6.45) is 1.70. The first-order chi connectivity index (χ1) is 11.1. The Labute approximate surface area is 142 Å². The van der Waals surface area contributed by atoms with Crippen LogP contribution in [0.4, 0.5) is 23.4 Å². The number of aromatic nitrogens is 4. The Morgan fingerprint density at radius 2 is 1.91 bits per heavy atom. The normalized spacial score (nSPS) is 10.5. The fourth-order valence-electron chi connectivity index (χ4n) is 1.88. The molecule has 2 heterocycles. The van der Waals surface area contributed by atoms with Gasteiger partial charge in [0.25, 0.3) is 0 Å². The molecule has 5 N–H and O–H groups in total. The van der Waals surface area contributed by atoms with Gasteiger partial charge in [0.05, 0.1) is 0 Å². The number of H-pyrrole nitrogens is 1. The Balaban J connectivity index is 1.62. The number of hydrogen-bond donors (Lipinski definition) is 4. The van der Waals surface area contributed by atoms with Gasteiger partial charge in [0.1, 0.15) is 5.82 Å². The Morgan fingerprint density at radius 1 is 1.13 bits per heavy atom. The molecular formula is C14H13Cl2N7. The predicted molar refractivity (Wildman–Crippen MR) is 92.1 cm³/mol. The van der Waals surface area contributed by atoms with Gasteiger partial charge in [-0.05, 0) is 29.8 Å². The Bertz CT molecular complexity index is 781. The second kappa shape index (κ2) is 6.72. The van der Waals surface area contributed by atoms with E-state index < -0.39 is 0 Å². The van der Waals surface area contributed by atoms with Gasteiger partial charge in [0.15, 0.2) is 0 Å². The van der Waals surface area contributed by atoms with Gasteiger partial charge < -0.3 is 16.4 Å². The number of nitrogens with zero attached hydrogens (tertiary/aromatic N) is 3. The first kappa shape index (κ1) is 15.4. The Morgan fingerprint density at radius 3 is 2.61 bits per heavy atom. The first-order valence-electron chi connectivity index (χ1n) is 6.68. The van der Waals surface area contributed by atoms with Gasteiger partial charge in [-0.2, -0.15) is 4.98 Å². The first-order valence-corrected chi connectivity index (χ1v) is 7.44. The minimum absolute atomic E-state index is 0.404. The smallest absolute Gasteiger partial charge is 0.248 e. The summed E-state index contributed by atoms with van der Waals surface area (Å²) in [5.74, 6) is 1.42. The zero-order valence-electron chi connectivity index (χ0n) is 11.8. The van der Waals surface area contributed by atoms with Crippen molar-refractivity contribution in [2.75, 3.05) is 16.4 Å². The lowest BCUT2D eigenvalue weighted by atomic mass is 10.3. The van der Waals surface area contributed by atoms with Crippen LogP contribution in [-0.2, 0) is 6.54 Å². The molecule has 1 aromatic carbocycles. The summed E-state index contributed by atoms with van der Waals surface area (Å²) in [7, 11) is 0. The van der Waals surface area contributed by atoms with Gasteiger partial charge in [-0.1, -0.05) is 29.3 Å². The Hall–Kier alpha value is -2.51. The number of nitrogen functional groups attached to an aromatic ring is 1. The minimum atomic E-state index is 0.404. The molecule has 0 radical (unpaired) electrons. The van der Waals surface area contributed by atoms with Gasteiger partial charge in [0, 0.05) is 28.5 Å². The van der Waals surface area contributed by atoms with Crippen LogP contribution in [0.25, 0.3) is 0 Å². The summed E-state index contributed by atoms with van der Waals surface area (Å²) >= 11 is 11.9. The summed E-state index contributed by atoms with van der Waals surface area (Å²) in [5, 5.41) is 14.0. The topological polar surface area (TPSA) is 105 Å². The van der Waals surface area contributed by atoms with Crippen molar-refractivity contribution < 1.29 is 0 Å². The van der Waals surface area contributed by atoms with Gasteiger partial charge in [-0.15, -0.1) is 5.10 Å². The summed E-state index contributed by atoms with van der Waals surface area (Å²) in [4.78, 5) is 8.30. The summed E-state index contributed by atoms with van der Waals surface area (Å²) in [6.45, 7) is 0.547. The van der Waals surface area contributed by atoms with Crippen LogP contribution >= 0.6 is 23.2 Å². The molecule has 0 saturated carbocycles. The third-order valence-corrected chi connectivity index (χ3v) is 3.35. The van der Waals surface area contributed by atoms with Crippen LogP contribution in [0.15, 0.2) is 36.5 Å². The summed E-state index contributed by atoms with van der Waals surface area (Å²) in [5.41, 5.74) is 7.23. The number of halogens is 2. The molecule has 3 rings (SSSR count). The second-order valence-electron chi connectivity index (χ2n) is 4.74. The molecule has 2 aromatic heterocycles. The van der Waals surface area contributed by atoms with Crippen molar-refractivity contribution in [3.8, 4) is 0 Å². The average molecular weight is 350 g/mol. The van der Waals surface area contributed by atoms with Crippen molar-refractivity contribution in [3.05, 3.63) is 52.1 Å². The van der Waals surface area contributed by atoms with E-state index in [4.69, 9.17) is 28.9 Å². The van der Waals surface area contributed by atoms with Crippen LogP contribution in [0.1, 0.15) is 5.56 Å². The lowest BCUT2D eigenvalue weighted by molar-refractivity contribution is 1.04. The maximum atomic E-state index is 5.95. The molecule has 0 aliphatic heterocycles.